The standard InChI is InChI=1S/C28H28N4O4/c1-19-7-4-5-8-21(19)17-31-26(33)24-15-23(25-9-6-14-36-25)30-32(24)18-28(31,2)27(34)29-16-20-10-12-22(35-3)13-11-20/h4-15H,16-18H2,1-3H3,(H,29,34). The Kier molecular flexibility index (Phi) is 6.10. The van der Waals surface area contributed by atoms with Crippen LogP contribution in [0.3, 0.4) is 0 Å². The summed E-state index contributed by atoms with van der Waals surface area (Å²) in [4.78, 5) is 29.2. The third-order valence-corrected chi connectivity index (χ3v) is 6.76. The Morgan fingerprint density at radius 3 is 2.61 bits per heavy atom. The number of furan rings is 1. The zero-order valence-corrected chi connectivity index (χ0v) is 20.5. The van der Waals surface area contributed by atoms with Crippen molar-refractivity contribution in [2.75, 3.05) is 7.11 Å². The van der Waals surface area contributed by atoms with Gasteiger partial charge in [-0.1, -0.05) is 36.4 Å². The van der Waals surface area contributed by atoms with E-state index in [1.165, 1.54) is 0 Å². The van der Waals surface area contributed by atoms with Gasteiger partial charge in [0.2, 0.25) is 5.91 Å². The Labute approximate surface area is 209 Å². The summed E-state index contributed by atoms with van der Waals surface area (Å²) in [7, 11) is 1.61. The van der Waals surface area contributed by atoms with Gasteiger partial charge in [0.25, 0.3) is 5.91 Å². The molecule has 5 rings (SSSR count). The smallest absolute Gasteiger partial charge is 0.273 e. The van der Waals surface area contributed by atoms with E-state index in [4.69, 9.17) is 9.15 Å². The van der Waals surface area contributed by atoms with E-state index in [1.807, 2.05) is 55.5 Å². The molecule has 8 nitrogen and oxygen atoms in total. The van der Waals surface area contributed by atoms with Crippen molar-refractivity contribution >= 4 is 11.8 Å². The lowest BCUT2D eigenvalue weighted by Crippen LogP contribution is -2.63. The van der Waals surface area contributed by atoms with E-state index in [1.54, 1.807) is 48.1 Å². The van der Waals surface area contributed by atoms with Crippen LogP contribution in [0.15, 0.2) is 77.4 Å². The molecule has 8 heteroatoms. The highest BCUT2D eigenvalue weighted by Crippen LogP contribution is 2.32. The molecule has 0 radical (unpaired) electrons. The number of amides is 2. The average Bonchev–Trinajstić information content (AvgIpc) is 3.57. The zero-order chi connectivity index (χ0) is 25.3. The first kappa shape index (κ1) is 23.4. The SMILES string of the molecule is COc1ccc(CNC(=O)C2(C)Cn3nc(-c4ccco4)cc3C(=O)N2Cc2ccccc2C)cc1. The third kappa shape index (κ3) is 4.26. The molecule has 36 heavy (non-hydrogen) atoms. The Bertz CT molecular complexity index is 1390. The number of carbonyl (C=O) groups is 2. The molecule has 1 atom stereocenters. The number of aromatic nitrogens is 2. The molecule has 184 valence electrons. The summed E-state index contributed by atoms with van der Waals surface area (Å²) in [6.07, 6.45) is 1.57. The predicted octanol–water partition coefficient (Wildman–Crippen LogP) is 4.19. The molecule has 1 aliphatic heterocycles. The minimum absolute atomic E-state index is 0.217. The van der Waals surface area contributed by atoms with Crippen LogP contribution in [0.1, 0.15) is 34.1 Å². The van der Waals surface area contributed by atoms with Crippen LogP contribution < -0.4 is 10.1 Å². The summed E-state index contributed by atoms with van der Waals surface area (Å²) >= 11 is 0. The Hall–Kier alpha value is -4.33. The fourth-order valence-electron chi connectivity index (χ4n) is 4.51. The maximum absolute atomic E-state index is 13.8. The topological polar surface area (TPSA) is 89.6 Å². The maximum atomic E-state index is 13.8. The number of rotatable bonds is 7. The number of nitrogens with one attached hydrogen (secondary N) is 1. The quantitative estimate of drug-likeness (QED) is 0.425. The number of aryl methyl sites for hydroxylation is 1. The normalized spacial score (nSPS) is 17.1. The highest BCUT2D eigenvalue weighted by Gasteiger charge is 2.48. The number of hydrogen-bond donors (Lipinski definition) is 1. The van der Waals surface area contributed by atoms with E-state index in [0.717, 1.165) is 22.4 Å². The molecule has 0 aliphatic carbocycles. The van der Waals surface area contributed by atoms with Gasteiger partial charge >= 0.3 is 0 Å². The summed E-state index contributed by atoms with van der Waals surface area (Å²) < 4.78 is 12.3. The summed E-state index contributed by atoms with van der Waals surface area (Å²) in [6, 6.07) is 20.7. The molecule has 1 N–H and O–H groups in total. The van der Waals surface area contributed by atoms with Crippen LogP contribution in [0.4, 0.5) is 0 Å². The average molecular weight is 485 g/mol. The maximum Gasteiger partial charge on any atom is 0.273 e. The van der Waals surface area contributed by atoms with E-state index in [2.05, 4.69) is 10.4 Å². The van der Waals surface area contributed by atoms with Crippen molar-refractivity contribution in [3.05, 3.63) is 95.4 Å². The van der Waals surface area contributed by atoms with Crippen LogP contribution in [0.2, 0.25) is 0 Å². The fraction of sp³-hybridized carbons (Fsp3) is 0.250. The highest BCUT2D eigenvalue weighted by atomic mass is 16.5. The lowest BCUT2D eigenvalue weighted by molar-refractivity contribution is -0.133. The molecule has 0 spiro atoms. The second-order valence-electron chi connectivity index (χ2n) is 9.17. The molecule has 2 amide bonds. The van der Waals surface area contributed by atoms with Crippen LogP contribution in [-0.2, 0) is 24.4 Å². The van der Waals surface area contributed by atoms with Gasteiger partial charge in [-0.15, -0.1) is 0 Å². The zero-order valence-electron chi connectivity index (χ0n) is 20.5. The van der Waals surface area contributed by atoms with E-state index < -0.39 is 5.54 Å². The minimum Gasteiger partial charge on any atom is -0.497 e. The van der Waals surface area contributed by atoms with Gasteiger partial charge < -0.3 is 19.4 Å². The van der Waals surface area contributed by atoms with Gasteiger partial charge in [0.1, 0.15) is 22.7 Å². The Balaban J connectivity index is 1.47. The van der Waals surface area contributed by atoms with E-state index in [-0.39, 0.29) is 18.4 Å². The molecule has 0 bridgehead atoms. The summed E-state index contributed by atoms with van der Waals surface area (Å²) in [5, 5.41) is 7.63. The van der Waals surface area contributed by atoms with Crippen molar-refractivity contribution in [1.82, 2.24) is 20.0 Å². The molecule has 1 unspecified atom stereocenters. The molecule has 1 aliphatic rings. The predicted molar refractivity (Wildman–Crippen MR) is 134 cm³/mol. The number of benzene rings is 2. The van der Waals surface area contributed by atoms with Gasteiger partial charge in [-0.05, 0) is 54.8 Å². The first-order valence-electron chi connectivity index (χ1n) is 11.8. The molecular weight excluding hydrogens is 456 g/mol. The first-order valence-corrected chi connectivity index (χ1v) is 11.8. The fourth-order valence-corrected chi connectivity index (χ4v) is 4.51. The first-order chi connectivity index (χ1) is 17.4. The van der Waals surface area contributed by atoms with Crippen molar-refractivity contribution in [1.29, 1.82) is 0 Å². The number of carbonyl (C=O) groups excluding carboxylic acids is 2. The van der Waals surface area contributed by atoms with Crippen molar-refractivity contribution in [2.45, 2.75) is 39.0 Å². The molecule has 0 saturated carbocycles. The lowest BCUT2D eigenvalue weighted by atomic mass is 9.93. The van der Waals surface area contributed by atoms with Crippen LogP contribution in [0.25, 0.3) is 11.5 Å². The summed E-state index contributed by atoms with van der Waals surface area (Å²) in [6.45, 7) is 4.65. The second-order valence-corrected chi connectivity index (χ2v) is 9.17. The van der Waals surface area contributed by atoms with Gasteiger partial charge in [-0.25, -0.2) is 0 Å². The largest absolute Gasteiger partial charge is 0.497 e. The molecule has 0 saturated heterocycles. The van der Waals surface area contributed by atoms with Crippen molar-refractivity contribution in [3.63, 3.8) is 0 Å². The number of hydrogen-bond acceptors (Lipinski definition) is 5. The van der Waals surface area contributed by atoms with Crippen LogP contribution in [0.5, 0.6) is 5.75 Å². The third-order valence-electron chi connectivity index (χ3n) is 6.76. The summed E-state index contributed by atoms with van der Waals surface area (Å²) in [5.74, 6) is 0.816. The minimum atomic E-state index is -1.16. The van der Waals surface area contributed by atoms with Crippen molar-refractivity contribution in [2.24, 2.45) is 0 Å². The molecule has 4 aromatic rings. The molecule has 3 heterocycles. The van der Waals surface area contributed by atoms with Gasteiger partial charge in [0, 0.05) is 19.2 Å². The molecule has 2 aromatic carbocycles. The van der Waals surface area contributed by atoms with E-state index >= 15 is 0 Å². The number of nitrogens with zero attached hydrogens (tertiary/aromatic N) is 3. The lowest BCUT2D eigenvalue weighted by Gasteiger charge is -2.43. The highest BCUT2D eigenvalue weighted by molar-refractivity contribution is 6.00. The summed E-state index contributed by atoms with van der Waals surface area (Å²) in [5.41, 5.74) is 2.80. The van der Waals surface area contributed by atoms with Crippen LogP contribution >= 0.6 is 0 Å². The van der Waals surface area contributed by atoms with Gasteiger partial charge in [0.05, 0.1) is 19.9 Å². The van der Waals surface area contributed by atoms with Crippen LogP contribution in [-0.4, -0.2) is 39.1 Å². The monoisotopic (exact) mass is 484 g/mol. The second kappa shape index (κ2) is 9.37. The van der Waals surface area contributed by atoms with Gasteiger partial charge in [-0.3, -0.25) is 14.3 Å². The van der Waals surface area contributed by atoms with Crippen molar-refractivity contribution in [3.8, 4) is 17.2 Å². The molecule has 2 aromatic heterocycles. The van der Waals surface area contributed by atoms with Gasteiger partial charge in [-0.2, -0.15) is 5.10 Å². The number of ether oxygens (including phenoxy) is 1. The van der Waals surface area contributed by atoms with E-state index in [9.17, 15) is 9.59 Å². The van der Waals surface area contributed by atoms with Crippen molar-refractivity contribution < 1.29 is 18.7 Å². The molecular formula is C28H28N4O4. The molecule has 0 fully saturated rings. The van der Waals surface area contributed by atoms with E-state index in [0.29, 0.717) is 30.2 Å². The van der Waals surface area contributed by atoms with Crippen LogP contribution in [0, 0.1) is 6.92 Å². The Morgan fingerprint density at radius 2 is 1.92 bits per heavy atom. The van der Waals surface area contributed by atoms with Gasteiger partial charge in [0.15, 0.2) is 5.76 Å². The number of methoxy groups -OCH3 is 1. The Morgan fingerprint density at radius 1 is 1.14 bits per heavy atom. The number of fused-ring (bicyclic) bond motifs is 1.